The molecule has 1 unspecified atom stereocenters. The van der Waals surface area contributed by atoms with E-state index in [0.717, 1.165) is 43.0 Å². The fraction of sp³-hybridized carbons (Fsp3) is 0.409. The highest BCUT2D eigenvalue weighted by Crippen LogP contribution is 2.13. The van der Waals surface area contributed by atoms with Gasteiger partial charge in [-0.25, -0.2) is 4.98 Å². The molecule has 1 fully saturated rings. The van der Waals surface area contributed by atoms with Crippen LogP contribution < -0.4 is 16.2 Å². The van der Waals surface area contributed by atoms with E-state index in [1.54, 1.807) is 17.7 Å². The molecule has 4 rings (SSSR count). The zero-order valence-corrected chi connectivity index (χ0v) is 19.4. The van der Waals surface area contributed by atoms with Crippen molar-refractivity contribution in [3.05, 3.63) is 69.5 Å². The Hall–Kier alpha value is -2.35. The summed E-state index contributed by atoms with van der Waals surface area (Å²) in [7, 11) is 0. The molecule has 1 saturated heterocycles. The molecule has 1 atom stereocenters. The summed E-state index contributed by atoms with van der Waals surface area (Å²) in [5, 5.41) is 6.24. The summed E-state index contributed by atoms with van der Waals surface area (Å²) >= 11 is 0. The van der Waals surface area contributed by atoms with Crippen molar-refractivity contribution in [2.75, 3.05) is 13.1 Å². The molecule has 3 aromatic rings. The van der Waals surface area contributed by atoms with Crippen LogP contribution in [0.3, 0.4) is 0 Å². The van der Waals surface area contributed by atoms with Gasteiger partial charge in [0.1, 0.15) is 11.2 Å². The summed E-state index contributed by atoms with van der Waals surface area (Å²) in [6.45, 7) is 6.68. The number of aromatic nitrogens is 3. The van der Waals surface area contributed by atoms with Gasteiger partial charge in [-0.1, -0.05) is 6.07 Å². The van der Waals surface area contributed by atoms with Crippen LogP contribution in [0, 0.1) is 19.8 Å². The molecule has 1 amide bonds. The highest BCUT2D eigenvalue weighted by atomic mass is 35.5. The molecule has 1 aliphatic rings. The van der Waals surface area contributed by atoms with Crippen molar-refractivity contribution >= 4 is 36.4 Å². The first-order chi connectivity index (χ1) is 14.0. The number of nitrogens with one attached hydrogen (secondary N) is 2. The van der Waals surface area contributed by atoms with Crippen LogP contribution in [0.25, 0.3) is 5.65 Å². The summed E-state index contributed by atoms with van der Waals surface area (Å²) in [4.78, 5) is 30.3. The van der Waals surface area contributed by atoms with Gasteiger partial charge < -0.3 is 19.6 Å². The van der Waals surface area contributed by atoms with Crippen LogP contribution in [0.4, 0.5) is 0 Å². The minimum absolute atomic E-state index is 0. The SMILES string of the molecule is Cc1ccn(CC2CCCNC2)c(=O)c1C(=O)NCc1cn2c(C)cccc2n1.Cl.Cl. The molecule has 0 radical (unpaired) electrons. The number of hydrogen-bond acceptors (Lipinski definition) is 4. The second-order valence-electron chi connectivity index (χ2n) is 7.85. The second kappa shape index (κ2) is 10.8. The molecule has 0 spiro atoms. The Kier molecular flexibility index (Phi) is 8.68. The number of nitrogens with zero attached hydrogens (tertiary/aromatic N) is 3. The molecule has 31 heavy (non-hydrogen) atoms. The molecule has 0 aliphatic carbocycles. The summed E-state index contributed by atoms with van der Waals surface area (Å²) < 4.78 is 3.66. The van der Waals surface area contributed by atoms with Crippen LogP contribution >= 0.6 is 24.8 Å². The number of carbonyl (C=O) groups excluding carboxylic acids is 1. The Labute approximate surface area is 194 Å². The molecule has 0 saturated carbocycles. The van der Waals surface area contributed by atoms with Crippen LogP contribution in [0.2, 0.25) is 0 Å². The lowest BCUT2D eigenvalue weighted by atomic mass is 9.99. The summed E-state index contributed by atoms with van der Waals surface area (Å²) in [5.74, 6) is 0.0682. The number of aryl methyl sites for hydroxylation is 2. The number of fused-ring (bicyclic) bond motifs is 1. The molecule has 168 valence electrons. The minimum Gasteiger partial charge on any atom is -0.346 e. The third-order valence-corrected chi connectivity index (χ3v) is 5.63. The molecule has 7 nitrogen and oxygen atoms in total. The lowest BCUT2D eigenvalue weighted by Gasteiger charge is -2.23. The number of halogens is 2. The van der Waals surface area contributed by atoms with Crippen molar-refractivity contribution in [1.82, 2.24) is 24.6 Å². The first-order valence-electron chi connectivity index (χ1n) is 10.2. The fourth-order valence-corrected chi connectivity index (χ4v) is 3.99. The van der Waals surface area contributed by atoms with Crippen LogP contribution in [-0.4, -0.2) is 32.9 Å². The largest absolute Gasteiger partial charge is 0.346 e. The summed E-state index contributed by atoms with van der Waals surface area (Å²) in [6, 6.07) is 7.74. The van der Waals surface area contributed by atoms with Gasteiger partial charge in [0, 0.05) is 24.6 Å². The van der Waals surface area contributed by atoms with Crippen molar-refractivity contribution in [2.24, 2.45) is 5.92 Å². The molecule has 0 bridgehead atoms. The van der Waals surface area contributed by atoms with E-state index in [-0.39, 0.29) is 48.4 Å². The smallest absolute Gasteiger partial charge is 0.263 e. The number of imidazole rings is 1. The highest BCUT2D eigenvalue weighted by Gasteiger charge is 2.19. The van der Waals surface area contributed by atoms with Gasteiger partial charge in [0.2, 0.25) is 0 Å². The fourth-order valence-electron chi connectivity index (χ4n) is 3.99. The molecule has 2 N–H and O–H groups in total. The van der Waals surface area contributed by atoms with Crippen LogP contribution in [0.5, 0.6) is 0 Å². The number of amides is 1. The van der Waals surface area contributed by atoms with E-state index >= 15 is 0 Å². The molecule has 0 aromatic carbocycles. The maximum absolute atomic E-state index is 13.0. The number of hydrogen-bond donors (Lipinski definition) is 2. The van der Waals surface area contributed by atoms with E-state index in [4.69, 9.17) is 0 Å². The third kappa shape index (κ3) is 5.47. The van der Waals surface area contributed by atoms with Gasteiger partial charge in [-0.05, 0) is 69.5 Å². The first kappa shape index (κ1) is 24.9. The Morgan fingerprint density at radius 2 is 2.06 bits per heavy atom. The monoisotopic (exact) mass is 465 g/mol. The predicted octanol–water partition coefficient (Wildman–Crippen LogP) is 2.89. The molecular formula is C22H29Cl2N5O2. The summed E-state index contributed by atoms with van der Waals surface area (Å²) in [5.41, 5.74) is 3.36. The van der Waals surface area contributed by atoms with Gasteiger partial charge in [-0.15, -0.1) is 24.8 Å². The third-order valence-electron chi connectivity index (χ3n) is 5.63. The predicted molar refractivity (Wildman–Crippen MR) is 127 cm³/mol. The quantitative estimate of drug-likeness (QED) is 0.606. The topological polar surface area (TPSA) is 80.4 Å². The average molecular weight is 466 g/mol. The molecule has 1 aliphatic heterocycles. The van der Waals surface area contributed by atoms with Gasteiger partial charge in [-0.3, -0.25) is 9.59 Å². The van der Waals surface area contributed by atoms with Crippen molar-refractivity contribution in [3.63, 3.8) is 0 Å². The molecular weight excluding hydrogens is 437 g/mol. The highest BCUT2D eigenvalue weighted by molar-refractivity contribution is 5.95. The van der Waals surface area contributed by atoms with E-state index in [9.17, 15) is 9.59 Å². The average Bonchev–Trinajstić information content (AvgIpc) is 3.14. The van der Waals surface area contributed by atoms with E-state index in [1.807, 2.05) is 41.8 Å². The lowest BCUT2D eigenvalue weighted by molar-refractivity contribution is 0.0947. The van der Waals surface area contributed by atoms with E-state index in [0.29, 0.717) is 18.0 Å². The Morgan fingerprint density at radius 3 is 2.77 bits per heavy atom. The molecule has 4 heterocycles. The van der Waals surface area contributed by atoms with E-state index in [2.05, 4.69) is 15.6 Å². The molecule has 3 aromatic heterocycles. The van der Waals surface area contributed by atoms with Gasteiger partial charge >= 0.3 is 0 Å². The molecule has 9 heteroatoms. The van der Waals surface area contributed by atoms with Gasteiger partial charge in [0.05, 0.1) is 12.2 Å². The zero-order chi connectivity index (χ0) is 20.4. The first-order valence-corrected chi connectivity index (χ1v) is 10.2. The van der Waals surface area contributed by atoms with E-state index in [1.165, 1.54) is 0 Å². The van der Waals surface area contributed by atoms with Crippen LogP contribution in [0.1, 0.15) is 40.2 Å². The van der Waals surface area contributed by atoms with Crippen LogP contribution in [-0.2, 0) is 13.1 Å². The summed E-state index contributed by atoms with van der Waals surface area (Å²) in [6.07, 6.45) is 5.93. The normalized spacial score (nSPS) is 15.7. The van der Waals surface area contributed by atoms with E-state index < -0.39 is 0 Å². The van der Waals surface area contributed by atoms with Gasteiger partial charge in [0.15, 0.2) is 0 Å². The standard InChI is InChI=1S/C22H27N5O2.2ClH/c1-15-8-10-26(13-17-6-4-9-23-11-17)22(29)20(15)21(28)24-12-18-14-27-16(2)5-3-7-19(27)25-18;;/h3,5,7-8,10,14,17,23H,4,6,9,11-13H2,1-2H3,(H,24,28);2*1H. The number of piperidine rings is 1. The Balaban J connectivity index is 0.00000171. The van der Waals surface area contributed by atoms with Gasteiger partial charge in [0.25, 0.3) is 11.5 Å². The van der Waals surface area contributed by atoms with Crippen molar-refractivity contribution < 1.29 is 4.79 Å². The second-order valence-corrected chi connectivity index (χ2v) is 7.85. The lowest BCUT2D eigenvalue weighted by Crippen LogP contribution is -2.37. The van der Waals surface area contributed by atoms with Gasteiger partial charge in [-0.2, -0.15) is 0 Å². The maximum Gasteiger partial charge on any atom is 0.263 e. The number of pyridine rings is 2. The number of carbonyl (C=O) groups is 1. The minimum atomic E-state index is -0.350. The van der Waals surface area contributed by atoms with Crippen LogP contribution in [0.15, 0.2) is 41.5 Å². The zero-order valence-electron chi connectivity index (χ0n) is 17.8. The Bertz CT molecular complexity index is 1100. The van der Waals surface area contributed by atoms with Crippen molar-refractivity contribution in [3.8, 4) is 0 Å². The maximum atomic E-state index is 13.0. The van der Waals surface area contributed by atoms with Crippen molar-refractivity contribution in [2.45, 2.75) is 39.8 Å². The Morgan fingerprint density at radius 1 is 1.26 bits per heavy atom. The van der Waals surface area contributed by atoms with Crippen molar-refractivity contribution in [1.29, 1.82) is 0 Å². The number of rotatable bonds is 5.